The monoisotopic (exact) mass is 347 g/mol. The number of carbonyl (C=O) groups is 2. The summed E-state index contributed by atoms with van der Waals surface area (Å²) in [6.07, 6.45) is 6.65. The van der Waals surface area contributed by atoms with Crippen LogP contribution < -0.4 is 0 Å². The minimum absolute atomic E-state index is 0.0742. The van der Waals surface area contributed by atoms with Crippen molar-refractivity contribution in [3.63, 3.8) is 0 Å². The van der Waals surface area contributed by atoms with Gasteiger partial charge in [-0.05, 0) is 44.6 Å². The van der Waals surface area contributed by atoms with Crippen LogP contribution in [0.2, 0.25) is 0 Å². The molecule has 0 amide bonds. The summed E-state index contributed by atoms with van der Waals surface area (Å²) in [5.74, 6) is -3.25. The van der Waals surface area contributed by atoms with Crippen LogP contribution in [0.5, 0.6) is 0 Å². The molecule has 0 radical (unpaired) electrons. The molecule has 0 aliphatic heterocycles. The molecule has 7 heteroatoms. The molecule has 0 fully saturated rings. The van der Waals surface area contributed by atoms with Gasteiger partial charge in [0.1, 0.15) is 11.0 Å². The van der Waals surface area contributed by atoms with Gasteiger partial charge >= 0.3 is 11.9 Å². The molecule has 4 N–H and O–H groups in total. The maximum absolute atomic E-state index is 11.6. The first-order valence-corrected chi connectivity index (χ1v) is 10.1. The highest BCUT2D eigenvalue weighted by Gasteiger charge is 2.53. The Kier molecular flexibility index (Phi) is 8.17. The largest absolute Gasteiger partial charge is 0.481 e. The van der Waals surface area contributed by atoms with Gasteiger partial charge in [0.25, 0.3) is 7.72 Å². The Labute approximate surface area is 137 Å². The molecule has 1 rings (SSSR count). The quantitative estimate of drug-likeness (QED) is 0.450. The number of allylic oxidation sites excluding steroid dienone is 2. The number of hydrogen-bond donors (Lipinski definition) is 4. The summed E-state index contributed by atoms with van der Waals surface area (Å²) in [5, 5.41) is 18.9. The first kappa shape index (κ1) is 20.1. The number of unbranched alkanes of at least 4 members (excludes halogenated alkanes) is 1. The minimum atomic E-state index is -3.54. The third kappa shape index (κ3) is 5.87. The normalized spacial score (nSPS) is 18.1. The van der Waals surface area contributed by atoms with E-state index >= 15 is 0 Å². The fraction of sp³-hybridized carbons (Fsp3) is 0.750. The average molecular weight is 347 g/mol. The third-order valence-corrected chi connectivity index (χ3v) is 7.25. The van der Waals surface area contributed by atoms with Gasteiger partial charge < -0.3 is 10.2 Å². The fourth-order valence-electron chi connectivity index (χ4n) is 3.14. The summed E-state index contributed by atoms with van der Waals surface area (Å²) in [5.41, 5.74) is -0.788. The molecule has 2 unspecified atom stereocenters. The van der Waals surface area contributed by atoms with E-state index in [1.807, 2.05) is 13.0 Å². The molecule has 0 spiro atoms. The van der Waals surface area contributed by atoms with Gasteiger partial charge in [0.2, 0.25) is 0 Å². The molecule has 1 aliphatic carbocycles. The number of rotatable bonds is 10. The molecule has 0 heterocycles. The van der Waals surface area contributed by atoms with Gasteiger partial charge in [0.15, 0.2) is 0 Å². The summed E-state index contributed by atoms with van der Waals surface area (Å²) < 4.78 is 0. The zero-order valence-electron chi connectivity index (χ0n) is 13.6. The third-order valence-electron chi connectivity index (χ3n) is 4.46. The van der Waals surface area contributed by atoms with Crippen molar-refractivity contribution in [1.82, 2.24) is 0 Å². The summed E-state index contributed by atoms with van der Waals surface area (Å²) in [7, 11) is -3.54. The Morgan fingerprint density at radius 1 is 1.22 bits per heavy atom. The highest BCUT2D eigenvalue weighted by molar-refractivity contribution is 7.69. The van der Waals surface area contributed by atoms with Crippen molar-refractivity contribution in [2.45, 2.75) is 70.4 Å². The summed E-state index contributed by atoms with van der Waals surface area (Å²) in [6.45, 7) is 1.96. The Balaban J connectivity index is 3.04. The first-order chi connectivity index (χ1) is 10.8. The molecule has 0 bridgehead atoms. The van der Waals surface area contributed by atoms with Crippen LogP contribution in [0, 0.1) is 5.92 Å². The zero-order chi connectivity index (χ0) is 17.5. The Hall–Kier alpha value is -0.970. The predicted octanol–water partition coefficient (Wildman–Crippen LogP) is 3.40. The van der Waals surface area contributed by atoms with Crippen molar-refractivity contribution in [2.24, 2.45) is 5.92 Å². The molecule has 0 aromatic heterocycles. The van der Waals surface area contributed by atoms with E-state index in [0.717, 1.165) is 25.7 Å². The van der Waals surface area contributed by atoms with Crippen molar-refractivity contribution < 1.29 is 29.6 Å². The molecule has 1 aliphatic rings. The van der Waals surface area contributed by atoms with Crippen molar-refractivity contribution in [3.05, 3.63) is 11.4 Å². The van der Waals surface area contributed by atoms with Crippen LogP contribution in [0.3, 0.4) is 0 Å². The Bertz CT molecular complexity index is 446. The summed E-state index contributed by atoms with van der Waals surface area (Å²) in [6, 6.07) is 0. The molecule has 23 heavy (non-hydrogen) atoms. The van der Waals surface area contributed by atoms with E-state index in [1.165, 1.54) is 0 Å². The second-order valence-corrected chi connectivity index (χ2v) is 8.71. The van der Waals surface area contributed by atoms with Crippen LogP contribution in [0.25, 0.3) is 0 Å². The van der Waals surface area contributed by atoms with Gasteiger partial charge in [-0.3, -0.25) is 9.59 Å². The topological polar surface area (TPSA) is 115 Å². The molecule has 6 nitrogen and oxygen atoms in total. The second kappa shape index (κ2) is 9.36. The molecule has 0 saturated carbocycles. The van der Waals surface area contributed by atoms with E-state index < -0.39 is 31.2 Å². The number of carboxylic acid groups (broad SMARTS) is 2. The number of carboxylic acids is 2. The molecule has 2 atom stereocenters. The van der Waals surface area contributed by atoms with Crippen LogP contribution in [-0.2, 0) is 9.59 Å². The van der Waals surface area contributed by atoms with Crippen LogP contribution in [0.4, 0.5) is 0 Å². The zero-order valence-corrected chi connectivity index (χ0v) is 14.5. The standard InChI is InChI=1S/C16H27O6P/c1-2-3-9-14(13(16(19)20)10-11-15(17)18)23(21,22)12-7-5-4-6-8-12/h7,13-14,21-22H,2-6,8-11H2,1H3,(H-,17,18,19,20)/p+1. The van der Waals surface area contributed by atoms with Gasteiger partial charge in [-0.15, -0.1) is 0 Å². The fourth-order valence-corrected chi connectivity index (χ4v) is 5.77. The van der Waals surface area contributed by atoms with Gasteiger partial charge in [-0.25, -0.2) is 9.79 Å². The molecule has 0 aromatic rings. The Morgan fingerprint density at radius 2 is 1.91 bits per heavy atom. The lowest BCUT2D eigenvalue weighted by Gasteiger charge is -2.29. The van der Waals surface area contributed by atoms with E-state index in [2.05, 4.69) is 0 Å². The van der Waals surface area contributed by atoms with E-state index in [1.54, 1.807) is 0 Å². The lowest BCUT2D eigenvalue weighted by molar-refractivity contribution is -0.143. The van der Waals surface area contributed by atoms with Crippen molar-refractivity contribution in [3.8, 4) is 0 Å². The van der Waals surface area contributed by atoms with Crippen LogP contribution >= 0.6 is 7.72 Å². The lowest BCUT2D eigenvalue weighted by atomic mass is 9.95. The lowest BCUT2D eigenvalue weighted by Crippen LogP contribution is -2.32. The van der Waals surface area contributed by atoms with E-state index in [9.17, 15) is 24.5 Å². The predicted molar refractivity (Wildman–Crippen MR) is 89.2 cm³/mol. The average Bonchev–Trinajstić information content (AvgIpc) is 2.50. The highest BCUT2D eigenvalue weighted by atomic mass is 31.2. The molecular weight excluding hydrogens is 319 g/mol. The van der Waals surface area contributed by atoms with Gasteiger partial charge in [0.05, 0.1) is 5.92 Å². The van der Waals surface area contributed by atoms with Crippen molar-refractivity contribution in [2.75, 3.05) is 0 Å². The summed E-state index contributed by atoms with van der Waals surface area (Å²) in [4.78, 5) is 44.0. The minimum Gasteiger partial charge on any atom is -0.481 e. The van der Waals surface area contributed by atoms with Gasteiger partial charge in [0, 0.05) is 12.8 Å². The first-order valence-electron chi connectivity index (χ1n) is 8.29. The van der Waals surface area contributed by atoms with Crippen molar-refractivity contribution in [1.29, 1.82) is 0 Å². The van der Waals surface area contributed by atoms with Gasteiger partial charge in [-0.1, -0.05) is 13.3 Å². The van der Waals surface area contributed by atoms with E-state index in [4.69, 9.17) is 5.11 Å². The molecular formula is C16H28O6P+. The maximum Gasteiger partial charge on any atom is 0.310 e. The van der Waals surface area contributed by atoms with Gasteiger partial charge in [-0.2, -0.15) is 0 Å². The molecule has 0 saturated heterocycles. The molecule has 0 aromatic carbocycles. The maximum atomic E-state index is 11.6. The number of aliphatic carboxylic acids is 2. The van der Waals surface area contributed by atoms with Crippen LogP contribution in [0.1, 0.15) is 64.7 Å². The SMILES string of the molecule is CCCCC(C(CCC(=O)O)C(=O)O)[P+](O)(O)C1=CCCCC1. The van der Waals surface area contributed by atoms with E-state index in [0.29, 0.717) is 24.6 Å². The van der Waals surface area contributed by atoms with E-state index in [-0.39, 0.29) is 12.8 Å². The number of hydrogen-bond acceptors (Lipinski definition) is 4. The second-order valence-electron chi connectivity index (χ2n) is 6.18. The molecule has 132 valence electrons. The van der Waals surface area contributed by atoms with Crippen molar-refractivity contribution >= 4 is 19.7 Å². The Morgan fingerprint density at radius 3 is 2.39 bits per heavy atom. The highest BCUT2D eigenvalue weighted by Crippen LogP contribution is 2.67. The van der Waals surface area contributed by atoms with Crippen LogP contribution in [-0.4, -0.2) is 37.6 Å². The summed E-state index contributed by atoms with van der Waals surface area (Å²) >= 11 is 0. The smallest absolute Gasteiger partial charge is 0.310 e. The van der Waals surface area contributed by atoms with Crippen LogP contribution in [0.15, 0.2) is 11.4 Å².